The van der Waals surface area contributed by atoms with E-state index in [0.717, 1.165) is 37.4 Å². The molecule has 7 nitrogen and oxygen atoms in total. The van der Waals surface area contributed by atoms with Gasteiger partial charge < -0.3 is 19.1 Å². The van der Waals surface area contributed by atoms with Crippen LogP contribution in [0.1, 0.15) is 37.3 Å². The predicted molar refractivity (Wildman–Crippen MR) is 116 cm³/mol. The van der Waals surface area contributed by atoms with E-state index in [-0.39, 0.29) is 18.2 Å². The van der Waals surface area contributed by atoms with Gasteiger partial charge in [-0.2, -0.15) is 0 Å². The smallest absolute Gasteiger partial charge is 0.257 e. The van der Waals surface area contributed by atoms with Gasteiger partial charge in [-0.25, -0.2) is 9.97 Å². The maximum atomic E-state index is 13.6. The Kier molecular flexibility index (Phi) is 4.31. The molecule has 0 aliphatic carbocycles. The molecule has 5 heterocycles. The molecule has 0 N–H and O–H groups in total. The molecule has 6 rings (SSSR count). The number of piperidine rings is 1. The highest BCUT2D eigenvalue weighted by atomic mass is 16.6. The Morgan fingerprint density at radius 3 is 2.65 bits per heavy atom. The molecule has 0 radical (unpaired) electrons. The van der Waals surface area contributed by atoms with Gasteiger partial charge in [-0.15, -0.1) is 0 Å². The number of hydrogen-bond donors (Lipinski definition) is 0. The van der Waals surface area contributed by atoms with E-state index in [1.54, 1.807) is 12.5 Å². The van der Waals surface area contributed by atoms with Crippen LogP contribution in [0.3, 0.4) is 0 Å². The van der Waals surface area contributed by atoms with Gasteiger partial charge in [0.05, 0.1) is 18.1 Å². The first-order chi connectivity index (χ1) is 15.2. The molecule has 1 aromatic carbocycles. The Morgan fingerprint density at radius 1 is 1.03 bits per heavy atom. The standard InChI is InChI=1S/C24H25N5O2/c30-23-24(31-22-7-6-20(29(22)23)18-4-2-1-3-5-18)9-13-27(14-10-24)21-16-19(8-11-26-21)28-15-12-25-17-28/h1-5,8,11-12,15-17,20,22H,6-7,9-10,13-14H2/t20-,22?/m0/s1. The molecule has 3 aliphatic rings. The fourth-order valence-electron chi connectivity index (χ4n) is 5.30. The fraction of sp³-hybridized carbons (Fsp3) is 0.375. The number of hydrogen-bond acceptors (Lipinski definition) is 5. The highest BCUT2D eigenvalue weighted by Gasteiger charge is 2.57. The van der Waals surface area contributed by atoms with Crippen LogP contribution in [-0.2, 0) is 9.53 Å². The number of fused-ring (bicyclic) bond motifs is 1. The lowest BCUT2D eigenvalue weighted by molar-refractivity contribution is -0.140. The van der Waals surface area contributed by atoms with Gasteiger partial charge in [-0.1, -0.05) is 30.3 Å². The molecule has 0 bridgehead atoms. The van der Waals surface area contributed by atoms with E-state index in [9.17, 15) is 4.79 Å². The molecule has 2 atom stereocenters. The molecule has 2 aromatic heterocycles. The minimum atomic E-state index is -0.684. The van der Waals surface area contributed by atoms with E-state index < -0.39 is 5.60 Å². The van der Waals surface area contributed by atoms with Gasteiger partial charge in [0.15, 0.2) is 5.60 Å². The number of rotatable bonds is 3. The number of imidazole rings is 1. The number of ether oxygens (including phenoxy) is 1. The summed E-state index contributed by atoms with van der Waals surface area (Å²) < 4.78 is 8.43. The zero-order chi connectivity index (χ0) is 20.8. The van der Waals surface area contributed by atoms with E-state index in [2.05, 4.69) is 33.1 Å². The number of carbonyl (C=O) groups is 1. The highest BCUT2D eigenvalue weighted by Crippen LogP contribution is 2.47. The topological polar surface area (TPSA) is 63.5 Å². The van der Waals surface area contributed by atoms with Crippen molar-refractivity contribution in [2.24, 2.45) is 0 Å². The molecule has 3 aliphatic heterocycles. The van der Waals surface area contributed by atoms with Crippen molar-refractivity contribution in [3.63, 3.8) is 0 Å². The molecule has 3 aromatic rings. The molecule has 1 spiro atoms. The van der Waals surface area contributed by atoms with E-state index in [4.69, 9.17) is 4.74 Å². The van der Waals surface area contributed by atoms with Crippen molar-refractivity contribution in [3.05, 3.63) is 72.9 Å². The first-order valence-electron chi connectivity index (χ1n) is 11.0. The third-order valence-electron chi connectivity index (χ3n) is 6.93. The zero-order valence-electron chi connectivity index (χ0n) is 17.3. The van der Waals surface area contributed by atoms with Crippen LogP contribution in [-0.4, -0.2) is 50.3 Å². The summed E-state index contributed by atoms with van der Waals surface area (Å²) in [6.07, 6.45) is 10.5. The summed E-state index contributed by atoms with van der Waals surface area (Å²) in [5.41, 5.74) is 1.55. The quantitative estimate of drug-likeness (QED) is 0.657. The molecule has 3 fully saturated rings. The monoisotopic (exact) mass is 415 g/mol. The third-order valence-corrected chi connectivity index (χ3v) is 6.93. The van der Waals surface area contributed by atoms with Crippen molar-refractivity contribution < 1.29 is 9.53 Å². The van der Waals surface area contributed by atoms with E-state index in [1.165, 1.54) is 5.56 Å². The van der Waals surface area contributed by atoms with Crippen LogP contribution < -0.4 is 4.90 Å². The minimum Gasteiger partial charge on any atom is -0.356 e. The lowest BCUT2D eigenvalue weighted by Crippen LogP contribution is -2.50. The Morgan fingerprint density at radius 2 is 1.87 bits per heavy atom. The average Bonchev–Trinajstić information content (AvgIpc) is 3.55. The summed E-state index contributed by atoms with van der Waals surface area (Å²) in [6, 6.07) is 14.5. The minimum absolute atomic E-state index is 0.0908. The Balaban J connectivity index is 1.19. The van der Waals surface area contributed by atoms with Crippen LogP contribution in [0.25, 0.3) is 5.69 Å². The highest BCUT2D eigenvalue weighted by molar-refractivity contribution is 5.88. The van der Waals surface area contributed by atoms with E-state index >= 15 is 0 Å². The number of pyridine rings is 1. The molecule has 0 saturated carbocycles. The second kappa shape index (κ2) is 7.20. The van der Waals surface area contributed by atoms with Crippen molar-refractivity contribution in [1.29, 1.82) is 0 Å². The second-order valence-electron chi connectivity index (χ2n) is 8.61. The SMILES string of the molecule is O=C1N2C(CC[C@H]2c2ccccc2)OC12CCN(c1cc(-n3ccnc3)ccn1)CC2. The van der Waals surface area contributed by atoms with Gasteiger partial charge in [0.2, 0.25) is 0 Å². The largest absolute Gasteiger partial charge is 0.356 e. The Labute approximate surface area is 181 Å². The predicted octanol–water partition coefficient (Wildman–Crippen LogP) is 3.33. The molecular formula is C24H25N5O2. The third kappa shape index (κ3) is 3.03. The first kappa shape index (κ1) is 18.6. The van der Waals surface area contributed by atoms with Crippen molar-refractivity contribution >= 4 is 11.7 Å². The summed E-state index contributed by atoms with van der Waals surface area (Å²) in [6.45, 7) is 1.51. The lowest BCUT2D eigenvalue weighted by Gasteiger charge is -2.38. The summed E-state index contributed by atoms with van der Waals surface area (Å²) in [5, 5.41) is 0. The second-order valence-corrected chi connectivity index (χ2v) is 8.61. The summed E-state index contributed by atoms with van der Waals surface area (Å²) >= 11 is 0. The molecule has 7 heteroatoms. The molecular weight excluding hydrogens is 390 g/mol. The van der Waals surface area contributed by atoms with Crippen LogP contribution in [0.15, 0.2) is 67.4 Å². The van der Waals surface area contributed by atoms with Crippen LogP contribution in [0, 0.1) is 0 Å². The van der Waals surface area contributed by atoms with Crippen LogP contribution in [0.2, 0.25) is 0 Å². The number of anilines is 1. The van der Waals surface area contributed by atoms with Crippen molar-refractivity contribution in [2.75, 3.05) is 18.0 Å². The summed E-state index contributed by atoms with van der Waals surface area (Å²) in [4.78, 5) is 26.5. The number of nitrogens with zero attached hydrogens (tertiary/aromatic N) is 5. The molecule has 1 amide bonds. The van der Waals surface area contributed by atoms with E-state index in [1.807, 2.05) is 46.1 Å². The van der Waals surface area contributed by atoms with Gasteiger partial charge >= 0.3 is 0 Å². The van der Waals surface area contributed by atoms with Crippen LogP contribution in [0.4, 0.5) is 5.82 Å². The molecule has 3 saturated heterocycles. The number of amides is 1. The number of carbonyl (C=O) groups excluding carboxylic acids is 1. The molecule has 1 unspecified atom stereocenters. The Hall–Kier alpha value is -3.19. The van der Waals surface area contributed by atoms with Crippen molar-refractivity contribution in [1.82, 2.24) is 19.4 Å². The van der Waals surface area contributed by atoms with Crippen LogP contribution >= 0.6 is 0 Å². The summed E-state index contributed by atoms with van der Waals surface area (Å²) in [7, 11) is 0. The maximum Gasteiger partial charge on any atom is 0.257 e. The molecule has 158 valence electrons. The van der Waals surface area contributed by atoms with Gasteiger partial charge in [-0.3, -0.25) is 4.79 Å². The zero-order valence-corrected chi connectivity index (χ0v) is 17.3. The van der Waals surface area contributed by atoms with Gasteiger partial charge in [0.1, 0.15) is 12.0 Å². The van der Waals surface area contributed by atoms with E-state index in [0.29, 0.717) is 12.8 Å². The van der Waals surface area contributed by atoms with Crippen LogP contribution in [0.5, 0.6) is 0 Å². The van der Waals surface area contributed by atoms with Crippen molar-refractivity contribution in [2.45, 2.75) is 43.6 Å². The summed E-state index contributed by atoms with van der Waals surface area (Å²) in [5.74, 6) is 1.10. The van der Waals surface area contributed by atoms with Crippen molar-refractivity contribution in [3.8, 4) is 5.69 Å². The van der Waals surface area contributed by atoms with Gasteiger partial charge in [0, 0.05) is 50.6 Å². The maximum absolute atomic E-state index is 13.6. The lowest BCUT2D eigenvalue weighted by atomic mass is 9.89. The van der Waals surface area contributed by atoms with Gasteiger partial charge in [-0.05, 0) is 24.5 Å². The Bertz CT molecular complexity index is 1080. The number of aromatic nitrogens is 3. The molecule has 31 heavy (non-hydrogen) atoms. The number of benzene rings is 1. The normalized spacial score (nSPS) is 24.7. The average molecular weight is 415 g/mol. The first-order valence-corrected chi connectivity index (χ1v) is 11.0. The van der Waals surface area contributed by atoms with Gasteiger partial charge in [0.25, 0.3) is 5.91 Å². The fourth-order valence-corrected chi connectivity index (χ4v) is 5.30.